The maximum Gasteiger partial charge on any atom is 0.340 e. The fraction of sp³-hybridized carbons (Fsp3) is 0.533. The highest BCUT2D eigenvalue weighted by molar-refractivity contribution is 5.89. The van der Waals surface area contributed by atoms with Crippen LogP contribution in [0.5, 0.6) is 0 Å². The number of carbonyl (C=O) groups excluding carboxylic acids is 1. The molecule has 1 aliphatic rings. The molecule has 0 spiro atoms. The van der Waals surface area contributed by atoms with Gasteiger partial charge in [0, 0.05) is 19.7 Å². The minimum atomic E-state index is -0.655. The normalized spacial score (nSPS) is 18.8. The lowest BCUT2D eigenvalue weighted by atomic mass is 10.1. The predicted molar refractivity (Wildman–Crippen MR) is 73.0 cm³/mol. The number of carbonyl (C=O) groups is 1. The van der Waals surface area contributed by atoms with Gasteiger partial charge in [0.2, 0.25) is 0 Å². The molecular weight excluding hydrogens is 261 g/mol. The van der Waals surface area contributed by atoms with Gasteiger partial charge >= 0.3 is 5.97 Å². The Balaban J connectivity index is 1.84. The van der Waals surface area contributed by atoms with Crippen molar-refractivity contribution in [2.75, 3.05) is 20.3 Å². The molecular formula is C15H20FNO3. The zero-order chi connectivity index (χ0) is 14.4. The van der Waals surface area contributed by atoms with E-state index in [4.69, 9.17) is 4.74 Å². The van der Waals surface area contributed by atoms with E-state index >= 15 is 0 Å². The molecule has 4 nitrogen and oxygen atoms in total. The molecule has 0 amide bonds. The Hall–Kier alpha value is -1.46. The van der Waals surface area contributed by atoms with Gasteiger partial charge < -0.3 is 14.8 Å². The van der Waals surface area contributed by atoms with Gasteiger partial charge in [-0.1, -0.05) is 6.07 Å². The van der Waals surface area contributed by atoms with Gasteiger partial charge in [0.25, 0.3) is 0 Å². The van der Waals surface area contributed by atoms with Crippen LogP contribution < -0.4 is 5.32 Å². The summed E-state index contributed by atoms with van der Waals surface area (Å²) < 4.78 is 23.8. The van der Waals surface area contributed by atoms with Gasteiger partial charge in [-0.15, -0.1) is 0 Å². The number of rotatable bonds is 5. The average molecular weight is 281 g/mol. The first kappa shape index (κ1) is 14.9. The predicted octanol–water partition coefficient (Wildman–Crippen LogP) is 2.27. The molecule has 0 aliphatic carbocycles. The lowest BCUT2D eigenvalue weighted by molar-refractivity contribution is 0.0168. The first-order valence-corrected chi connectivity index (χ1v) is 6.90. The second-order valence-electron chi connectivity index (χ2n) is 4.93. The van der Waals surface area contributed by atoms with Crippen molar-refractivity contribution in [1.29, 1.82) is 0 Å². The molecule has 1 unspecified atom stereocenters. The van der Waals surface area contributed by atoms with E-state index in [1.54, 1.807) is 6.07 Å². The minimum absolute atomic E-state index is 0.0353. The van der Waals surface area contributed by atoms with Gasteiger partial charge in [0.1, 0.15) is 5.82 Å². The van der Waals surface area contributed by atoms with E-state index in [1.807, 2.05) is 0 Å². The Morgan fingerprint density at radius 1 is 1.50 bits per heavy atom. The van der Waals surface area contributed by atoms with Crippen molar-refractivity contribution in [3.63, 3.8) is 0 Å². The molecule has 1 aromatic rings. The number of methoxy groups -OCH3 is 1. The third-order valence-corrected chi connectivity index (χ3v) is 3.41. The number of benzene rings is 1. The summed E-state index contributed by atoms with van der Waals surface area (Å²) in [7, 11) is 1.24. The summed E-state index contributed by atoms with van der Waals surface area (Å²) in [6.45, 7) is 2.15. The number of halogens is 1. The molecule has 20 heavy (non-hydrogen) atoms. The smallest absolute Gasteiger partial charge is 0.340 e. The standard InChI is InChI=1S/C15H20FNO3/c1-19-15(18)13-6-5-11(8-14(13)16)9-17-10-12-4-2-3-7-20-12/h5-6,8,12,17H,2-4,7,9-10H2,1H3. The number of ether oxygens (including phenoxy) is 2. The molecule has 1 N–H and O–H groups in total. The molecule has 1 aliphatic heterocycles. The highest BCUT2D eigenvalue weighted by atomic mass is 19.1. The van der Waals surface area contributed by atoms with E-state index < -0.39 is 11.8 Å². The summed E-state index contributed by atoms with van der Waals surface area (Å²) >= 11 is 0. The van der Waals surface area contributed by atoms with Crippen molar-refractivity contribution in [3.05, 3.63) is 35.1 Å². The summed E-state index contributed by atoms with van der Waals surface area (Å²) in [6, 6.07) is 4.54. The summed E-state index contributed by atoms with van der Waals surface area (Å²) in [4.78, 5) is 11.3. The zero-order valence-corrected chi connectivity index (χ0v) is 11.7. The van der Waals surface area contributed by atoms with Crippen molar-refractivity contribution >= 4 is 5.97 Å². The van der Waals surface area contributed by atoms with Crippen LogP contribution in [0, 0.1) is 5.82 Å². The molecule has 1 fully saturated rings. The largest absolute Gasteiger partial charge is 0.465 e. The van der Waals surface area contributed by atoms with Crippen LogP contribution >= 0.6 is 0 Å². The molecule has 1 heterocycles. The molecule has 0 bridgehead atoms. The first-order chi connectivity index (χ1) is 9.70. The second kappa shape index (κ2) is 7.36. The highest BCUT2D eigenvalue weighted by Gasteiger charge is 2.14. The number of hydrogen-bond acceptors (Lipinski definition) is 4. The topological polar surface area (TPSA) is 47.6 Å². The molecule has 1 aromatic carbocycles. The van der Waals surface area contributed by atoms with Crippen LogP contribution in [-0.4, -0.2) is 32.3 Å². The molecule has 0 radical (unpaired) electrons. The molecule has 5 heteroatoms. The van der Waals surface area contributed by atoms with E-state index in [1.165, 1.54) is 25.7 Å². The quantitative estimate of drug-likeness (QED) is 0.841. The number of esters is 1. The Labute approximate surface area is 118 Å². The van der Waals surface area contributed by atoms with Crippen molar-refractivity contribution in [3.8, 4) is 0 Å². The summed E-state index contributed by atoms with van der Waals surface area (Å²) in [5.74, 6) is -1.21. The Morgan fingerprint density at radius 2 is 2.35 bits per heavy atom. The van der Waals surface area contributed by atoms with E-state index in [-0.39, 0.29) is 11.7 Å². The Morgan fingerprint density at radius 3 is 3.00 bits per heavy atom. The van der Waals surface area contributed by atoms with Crippen molar-refractivity contribution in [2.45, 2.75) is 31.9 Å². The molecule has 0 aromatic heterocycles. The second-order valence-corrected chi connectivity index (χ2v) is 4.93. The van der Waals surface area contributed by atoms with Crippen LogP contribution in [-0.2, 0) is 16.0 Å². The van der Waals surface area contributed by atoms with Gasteiger partial charge in [0.05, 0.1) is 18.8 Å². The maximum atomic E-state index is 13.7. The lowest BCUT2D eigenvalue weighted by Gasteiger charge is -2.22. The molecule has 0 saturated carbocycles. The van der Waals surface area contributed by atoms with Crippen LogP contribution in [0.1, 0.15) is 35.2 Å². The van der Waals surface area contributed by atoms with Crippen molar-refractivity contribution in [1.82, 2.24) is 5.32 Å². The molecule has 1 saturated heterocycles. The van der Waals surface area contributed by atoms with Gasteiger partial charge in [-0.2, -0.15) is 0 Å². The van der Waals surface area contributed by atoms with Crippen molar-refractivity contribution in [2.24, 2.45) is 0 Å². The lowest BCUT2D eigenvalue weighted by Crippen LogP contribution is -2.31. The summed E-state index contributed by atoms with van der Waals surface area (Å²) in [6.07, 6.45) is 3.66. The number of nitrogens with one attached hydrogen (secondary N) is 1. The van der Waals surface area contributed by atoms with Crippen LogP contribution in [0.2, 0.25) is 0 Å². The Bertz CT molecular complexity index is 458. The summed E-state index contributed by atoms with van der Waals surface area (Å²) in [5.41, 5.74) is 0.762. The molecule has 1 atom stereocenters. The highest BCUT2D eigenvalue weighted by Crippen LogP contribution is 2.13. The molecule has 110 valence electrons. The monoisotopic (exact) mass is 281 g/mol. The van der Waals surface area contributed by atoms with Gasteiger partial charge in [-0.05, 0) is 37.0 Å². The third kappa shape index (κ3) is 4.02. The number of hydrogen-bond donors (Lipinski definition) is 1. The van der Waals surface area contributed by atoms with E-state index in [9.17, 15) is 9.18 Å². The van der Waals surface area contributed by atoms with E-state index in [2.05, 4.69) is 10.1 Å². The van der Waals surface area contributed by atoms with Gasteiger partial charge in [0.15, 0.2) is 0 Å². The summed E-state index contributed by atoms with van der Waals surface area (Å²) in [5, 5.41) is 3.25. The van der Waals surface area contributed by atoms with Crippen LogP contribution in [0.4, 0.5) is 4.39 Å². The van der Waals surface area contributed by atoms with Gasteiger partial charge in [-0.25, -0.2) is 9.18 Å². The first-order valence-electron chi connectivity index (χ1n) is 6.90. The maximum absolute atomic E-state index is 13.7. The van der Waals surface area contributed by atoms with Crippen molar-refractivity contribution < 1.29 is 18.7 Å². The molecule has 2 rings (SSSR count). The SMILES string of the molecule is COC(=O)c1ccc(CNCC2CCCCO2)cc1F. The fourth-order valence-electron chi connectivity index (χ4n) is 2.29. The fourth-order valence-corrected chi connectivity index (χ4v) is 2.29. The third-order valence-electron chi connectivity index (χ3n) is 3.41. The van der Waals surface area contributed by atoms with E-state index in [0.29, 0.717) is 6.54 Å². The van der Waals surface area contributed by atoms with Gasteiger partial charge in [-0.3, -0.25) is 0 Å². The Kier molecular flexibility index (Phi) is 5.49. The van der Waals surface area contributed by atoms with E-state index in [0.717, 1.165) is 31.6 Å². The minimum Gasteiger partial charge on any atom is -0.465 e. The zero-order valence-electron chi connectivity index (χ0n) is 11.7. The van der Waals surface area contributed by atoms with Crippen LogP contribution in [0.3, 0.4) is 0 Å². The average Bonchev–Trinajstić information content (AvgIpc) is 2.48. The van der Waals surface area contributed by atoms with Crippen LogP contribution in [0.15, 0.2) is 18.2 Å². The van der Waals surface area contributed by atoms with Crippen LogP contribution in [0.25, 0.3) is 0 Å².